The highest BCUT2D eigenvalue weighted by Crippen LogP contribution is 2.21. The third-order valence-corrected chi connectivity index (χ3v) is 3.08. The van der Waals surface area contributed by atoms with Gasteiger partial charge in [-0.05, 0) is 25.1 Å². The Morgan fingerprint density at radius 1 is 1.16 bits per heavy atom. The van der Waals surface area contributed by atoms with Gasteiger partial charge in [0.25, 0.3) is 11.6 Å². The lowest BCUT2D eigenvalue weighted by Gasteiger charge is -2.08. The Hall–Kier alpha value is -3.36. The van der Waals surface area contributed by atoms with E-state index in [9.17, 15) is 28.5 Å². The number of esters is 1. The second kappa shape index (κ2) is 7.47. The third kappa shape index (κ3) is 4.34. The Balaban J connectivity index is 2.37. The van der Waals surface area contributed by atoms with E-state index >= 15 is 0 Å². The van der Waals surface area contributed by atoms with Crippen molar-refractivity contribution >= 4 is 23.3 Å². The maximum Gasteiger partial charge on any atom is 0.338 e. The highest BCUT2D eigenvalue weighted by molar-refractivity contribution is 6.06. The van der Waals surface area contributed by atoms with E-state index in [0.717, 1.165) is 30.3 Å². The number of ether oxygens (including phenoxy) is 1. The first-order valence-corrected chi connectivity index (χ1v) is 7.04. The van der Waals surface area contributed by atoms with Crippen LogP contribution in [0.1, 0.15) is 27.6 Å². The molecule has 0 aromatic heterocycles. The minimum atomic E-state index is -1.01. The van der Waals surface area contributed by atoms with E-state index in [1.807, 2.05) is 0 Å². The first kappa shape index (κ1) is 18.0. The second-order valence-corrected chi connectivity index (χ2v) is 4.82. The van der Waals surface area contributed by atoms with Crippen LogP contribution in [0.3, 0.4) is 0 Å². The maximum atomic E-state index is 13.6. The van der Waals surface area contributed by atoms with Gasteiger partial charge in [0.05, 0.1) is 22.8 Å². The van der Waals surface area contributed by atoms with Gasteiger partial charge in [-0.3, -0.25) is 14.9 Å². The summed E-state index contributed by atoms with van der Waals surface area (Å²) in [6.07, 6.45) is 0. The Bertz CT molecular complexity index is 854. The topological polar surface area (TPSA) is 98.5 Å². The average molecular weight is 350 g/mol. The van der Waals surface area contributed by atoms with Gasteiger partial charge < -0.3 is 10.1 Å². The molecule has 2 rings (SSSR count). The summed E-state index contributed by atoms with van der Waals surface area (Å²) in [7, 11) is 0. The molecule has 1 amide bonds. The molecule has 25 heavy (non-hydrogen) atoms. The van der Waals surface area contributed by atoms with Gasteiger partial charge in [-0.1, -0.05) is 0 Å². The number of halogens is 2. The van der Waals surface area contributed by atoms with E-state index in [1.54, 1.807) is 6.92 Å². The number of carbonyl (C=O) groups excluding carboxylic acids is 2. The molecule has 0 radical (unpaired) electrons. The van der Waals surface area contributed by atoms with Crippen molar-refractivity contribution in [3.05, 3.63) is 69.3 Å². The van der Waals surface area contributed by atoms with Crippen molar-refractivity contribution in [1.29, 1.82) is 0 Å². The number of nitrogens with one attached hydrogen (secondary N) is 1. The summed E-state index contributed by atoms with van der Waals surface area (Å²) >= 11 is 0. The predicted molar refractivity (Wildman–Crippen MR) is 83.4 cm³/mol. The highest BCUT2D eigenvalue weighted by Gasteiger charge is 2.19. The van der Waals surface area contributed by atoms with E-state index < -0.39 is 34.1 Å². The minimum absolute atomic E-state index is 0.0455. The number of hydrogen-bond acceptors (Lipinski definition) is 5. The van der Waals surface area contributed by atoms with Crippen LogP contribution in [0.25, 0.3) is 0 Å². The number of benzene rings is 2. The Morgan fingerprint density at radius 2 is 1.84 bits per heavy atom. The van der Waals surface area contributed by atoms with Crippen LogP contribution in [-0.4, -0.2) is 23.4 Å². The minimum Gasteiger partial charge on any atom is -0.462 e. The zero-order valence-corrected chi connectivity index (χ0v) is 12.9. The molecule has 7 nitrogen and oxygen atoms in total. The molecule has 9 heteroatoms. The van der Waals surface area contributed by atoms with Crippen molar-refractivity contribution in [2.75, 3.05) is 11.9 Å². The van der Waals surface area contributed by atoms with Crippen LogP contribution < -0.4 is 5.32 Å². The smallest absolute Gasteiger partial charge is 0.338 e. The number of hydrogen-bond donors (Lipinski definition) is 1. The monoisotopic (exact) mass is 350 g/mol. The second-order valence-electron chi connectivity index (χ2n) is 4.82. The fraction of sp³-hybridized carbons (Fsp3) is 0.125. The van der Waals surface area contributed by atoms with Crippen LogP contribution in [0.4, 0.5) is 20.2 Å². The third-order valence-electron chi connectivity index (χ3n) is 3.08. The van der Waals surface area contributed by atoms with Gasteiger partial charge in [-0.15, -0.1) is 0 Å². The van der Waals surface area contributed by atoms with Crippen molar-refractivity contribution in [2.45, 2.75) is 6.92 Å². The van der Waals surface area contributed by atoms with Gasteiger partial charge in [-0.2, -0.15) is 0 Å². The predicted octanol–water partition coefficient (Wildman–Crippen LogP) is 3.30. The molecule has 0 bridgehead atoms. The van der Waals surface area contributed by atoms with Crippen LogP contribution in [0.2, 0.25) is 0 Å². The largest absolute Gasteiger partial charge is 0.462 e. The zero-order chi connectivity index (χ0) is 18.6. The zero-order valence-electron chi connectivity index (χ0n) is 12.9. The Kier molecular flexibility index (Phi) is 5.38. The molecular weight excluding hydrogens is 338 g/mol. The molecule has 0 saturated carbocycles. The van der Waals surface area contributed by atoms with Gasteiger partial charge in [0.1, 0.15) is 11.6 Å². The van der Waals surface area contributed by atoms with E-state index in [4.69, 9.17) is 4.74 Å². The molecule has 0 atom stereocenters. The normalized spacial score (nSPS) is 10.2. The molecule has 0 aliphatic heterocycles. The lowest BCUT2D eigenvalue weighted by molar-refractivity contribution is -0.384. The summed E-state index contributed by atoms with van der Waals surface area (Å²) in [6, 6.07) is 5.50. The number of nitrogens with zero attached hydrogens (tertiary/aromatic N) is 1. The van der Waals surface area contributed by atoms with Gasteiger partial charge >= 0.3 is 5.97 Å². The quantitative estimate of drug-likeness (QED) is 0.507. The standard InChI is InChI=1S/C16H12F2N2O5/c1-2-25-16(22)10-5-9(6-12(7-10)20(23)24)15(21)19-14-4-3-11(17)8-13(14)18/h3-8H,2H2,1H3,(H,19,21). The molecular formula is C16H12F2N2O5. The van der Waals surface area contributed by atoms with Crippen molar-refractivity contribution < 1.29 is 28.0 Å². The van der Waals surface area contributed by atoms with E-state index in [2.05, 4.69) is 5.32 Å². The Labute approximate surface area is 140 Å². The Morgan fingerprint density at radius 3 is 2.44 bits per heavy atom. The number of carbonyl (C=O) groups is 2. The molecule has 0 heterocycles. The molecule has 2 aromatic carbocycles. The summed E-state index contributed by atoms with van der Waals surface area (Å²) in [4.78, 5) is 34.2. The first-order chi connectivity index (χ1) is 11.8. The van der Waals surface area contributed by atoms with Gasteiger partial charge in [-0.25, -0.2) is 13.6 Å². The van der Waals surface area contributed by atoms with Gasteiger partial charge in [0, 0.05) is 23.8 Å². The summed E-state index contributed by atoms with van der Waals surface area (Å²) in [5.74, 6) is -3.58. The van der Waals surface area contributed by atoms with Crippen molar-refractivity contribution in [1.82, 2.24) is 0 Å². The first-order valence-electron chi connectivity index (χ1n) is 7.04. The summed E-state index contributed by atoms with van der Waals surface area (Å²) < 4.78 is 31.2. The number of nitro groups is 1. The van der Waals surface area contributed by atoms with Crippen molar-refractivity contribution in [2.24, 2.45) is 0 Å². The van der Waals surface area contributed by atoms with Crippen molar-refractivity contribution in [3.63, 3.8) is 0 Å². The summed E-state index contributed by atoms with van der Waals surface area (Å²) in [6.45, 7) is 1.60. The van der Waals surface area contributed by atoms with E-state index in [-0.39, 0.29) is 23.4 Å². The van der Waals surface area contributed by atoms with E-state index in [0.29, 0.717) is 6.07 Å². The fourth-order valence-corrected chi connectivity index (χ4v) is 1.97. The lowest BCUT2D eigenvalue weighted by atomic mass is 10.1. The number of nitro benzene ring substituents is 1. The summed E-state index contributed by atoms with van der Waals surface area (Å²) in [5.41, 5.74) is -1.26. The van der Waals surface area contributed by atoms with Gasteiger partial charge in [0.15, 0.2) is 0 Å². The van der Waals surface area contributed by atoms with Gasteiger partial charge in [0.2, 0.25) is 0 Å². The van der Waals surface area contributed by atoms with Crippen LogP contribution in [0.5, 0.6) is 0 Å². The maximum absolute atomic E-state index is 13.6. The van der Waals surface area contributed by atoms with E-state index in [1.165, 1.54) is 0 Å². The molecule has 0 unspecified atom stereocenters. The molecule has 0 saturated heterocycles. The van der Waals surface area contributed by atoms with Crippen LogP contribution in [0.15, 0.2) is 36.4 Å². The molecule has 2 aromatic rings. The number of rotatable bonds is 5. The van der Waals surface area contributed by atoms with Crippen molar-refractivity contribution in [3.8, 4) is 0 Å². The summed E-state index contributed by atoms with van der Waals surface area (Å²) in [5, 5.41) is 13.1. The number of non-ortho nitro benzene ring substituents is 1. The van der Waals surface area contributed by atoms with Crippen LogP contribution >= 0.6 is 0 Å². The average Bonchev–Trinajstić information content (AvgIpc) is 2.57. The SMILES string of the molecule is CCOC(=O)c1cc(C(=O)Nc2ccc(F)cc2F)cc([N+](=O)[O-])c1. The lowest BCUT2D eigenvalue weighted by Crippen LogP contribution is -2.15. The van der Waals surface area contributed by atoms with Crippen LogP contribution in [-0.2, 0) is 4.74 Å². The number of anilines is 1. The molecule has 0 spiro atoms. The molecule has 0 aliphatic carbocycles. The highest BCUT2D eigenvalue weighted by atomic mass is 19.1. The van der Waals surface area contributed by atoms with Crippen LogP contribution in [0, 0.1) is 21.7 Å². The molecule has 130 valence electrons. The number of amides is 1. The molecule has 1 N–H and O–H groups in total. The molecule has 0 aliphatic rings. The fourth-order valence-electron chi connectivity index (χ4n) is 1.97. The molecule has 0 fully saturated rings.